The van der Waals surface area contributed by atoms with E-state index in [2.05, 4.69) is 0 Å². The SMILES string of the molecule is O=C([O-])CC(NC(CC(=O)O)C(=O)[O-])C(=O)[O-].[K+].[K+].[NH4+]. The minimum absolute atomic E-state index is 0. The predicted octanol–water partition coefficient (Wildman–Crippen LogP) is -11.2. The van der Waals surface area contributed by atoms with Gasteiger partial charge in [0, 0.05) is 12.4 Å². The van der Waals surface area contributed by atoms with Crippen LogP contribution >= 0.6 is 0 Å². The fourth-order valence-electron chi connectivity index (χ4n) is 1.00. The number of quaternary nitrogens is 1. The predicted molar refractivity (Wildman–Crippen MR) is 48.6 cm³/mol. The third-order valence-electron chi connectivity index (χ3n) is 1.72. The van der Waals surface area contributed by atoms with Gasteiger partial charge in [-0.2, -0.15) is 0 Å². The van der Waals surface area contributed by atoms with Crippen molar-refractivity contribution in [1.29, 1.82) is 0 Å². The molecule has 0 saturated heterocycles. The summed E-state index contributed by atoms with van der Waals surface area (Å²) in [4.78, 5) is 41.3. The normalized spacial score (nSPS) is 11.6. The van der Waals surface area contributed by atoms with Crippen LogP contribution in [0.3, 0.4) is 0 Å². The monoisotopic (exact) mass is 342 g/mol. The molecular formula is C8H12K2N2O8. The molecule has 0 aromatic heterocycles. The first-order valence-corrected chi connectivity index (χ1v) is 4.33. The zero-order valence-corrected chi connectivity index (χ0v) is 17.6. The summed E-state index contributed by atoms with van der Waals surface area (Å²) in [5, 5.41) is 41.2. The molecule has 0 aromatic carbocycles. The van der Waals surface area contributed by atoms with Crippen molar-refractivity contribution < 1.29 is 142 Å². The number of carbonyl (C=O) groups is 4. The van der Waals surface area contributed by atoms with E-state index >= 15 is 0 Å². The molecule has 0 aliphatic carbocycles. The molecule has 0 radical (unpaired) electrons. The Kier molecular flexibility index (Phi) is 21.8. The van der Waals surface area contributed by atoms with Crippen molar-refractivity contribution in [2.24, 2.45) is 0 Å². The fraction of sp³-hybridized carbons (Fsp3) is 0.500. The number of hydrogen-bond donors (Lipinski definition) is 3. The number of aliphatic carboxylic acids is 4. The van der Waals surface area contributed by atoms with Gasteiger partial charge >= 0.3 is 109 Å². The van der Waals surface area contributed by atoms with E-state index in [9.17, 15) is 34.5 Å². The van der Waals surface area contributed by atoms with Crippen molar-refractivity contribution in [2.75, 3.05) is 0 Å². The second-order valence-electron chi connectivity index (χ2n) is 3.08. The van der Waals surface area contributed by atoms with Crippen LogP contribution in [0.25, 0.3) is 0 Å². The van der Waals surface area contributed by atoms with Gasteiger partial charge < -0.3 is 46.3 Å². The number of carboxylic acids is 4. The maximum atomic E-state index is 10.5. The summed E-state index contributed by atoms with van der Waals surface area (Å²) in [7, 11) is 0. The topological polar surface area (TPSA) is 206 Å². The molecule has 20 heavy (non-hydrogen) atoms. The molecular weight excluding hydrogens is 330 g/mol. The van der Waals surface area contributed by atoms with E-state index in [-0.39, 0.29) is 109 Å². The van der Waals surface area contributed by atoms with Crippen LogP contribution in [0, 0.1) is 0 Å². The van der Waals surface area contributed by atoms with Gasteiger partial charge in [0.25, 0.3) is 0 Å². The van der Waals surface area contributed by atoms with Gasteiger partial charge in [-0.05, 0) is 0 Å². The van der Waals surface area contributed by atoms with Crippen LogP contribution < -0.4 is 130 Å². The second kappa shape index (κ2) is 15.0. The summed E-state index contributed by atoms with van der Waals surface area (Å²) in [6, 6.07) is -3.71. The third-order valence-corrected chi connectivity index (χ3v) is 1.72. The van der Waals surface area contributed by atoms with Crippen LogP contribution in [0.5, 0.6) is 0 Å². The van der Waals surface area contributed by atoms with Gasteiger partial charge in [-0.3, -0.25) is 4.79 Å². The van der Waals surface area contributed by atoms with E-state index < -0.39 is 48.8 Å². The van der Waals surface area contributed by atoms with Crippen LogP contribution in [-0.2, 0) is 19.2 Å². The van der Waals surface area contributed by atoms with Gasteiger partial charge in [-0.25, -0.2) is 0 Å². The Hall–Kier alpha value is 1.07. The van der Waals surface area contributed by atoms with Crippen molar-refractivity contribution in [3.63, 3.8) is 0 Å². The number of carbonyl (C=O) groups excluding carboxylic acids is 3. The summed E-state index contributed by atoms with van der Waals surface area (Å²) in [6.45, 7) is 0. The van der Waals surface area contributed by atoms with Gasteiger partial charge in [0.1, 0.15) is 0 Å². The van der Waals surface area contributed by atoms with Gasteiger partial charge in [-0.15, -0.1) is 0 Å². The Morgan fingerprint density at radius 2 is 1.25 bits per heavy atom. The van der Waals surface area contributed by atoms with Crippen LogP contribution in [0.4, 0.5) is 0 Å². The molecule has 0 bridgehead atoms. The molecule has 0 rings (SSSR count). The number of carboxylic acid groups (broad SMARTS) is 4. The first-order valence-electron chi connectivity index (χ1n) is 4.33. The first-order chi connectivity index (χ1) is 7.73. The molecule has 0 saturated carbocycles. The third kappa shape index (κ3) is 14.0. The van der Waals surface area contributed by atoms with Crippen LogP contribution in [0.15, 0.2) is 0 Å². The Labute approximate surface area is 199 Å². The fourth-order valence-corrected chi connectivity index (χ4v) is 1.00. The average molecular weight is 342 g/mol. The first kappa shape index (κ1) is 29.1. The van der Waals surface area contributed by atoms with Crippen molar-refractivity contribution in [3.8, 4) is 0 Å². The van der Waals surface area contributed by atoms with Crippen molar-refractivity contribution in [2.45, 2.75) is 24.9 Å². The summed E-state index contributed by atoms with van der Waals surface area (Å²) in [5.41, 5.74) is 0. The number of nitrogens with one attached hydrogen (secondary N) is 1. The Morgan fingerprint density at radius 3 is 1.50 bits per heavy atom. The maximum Gasteiger partial charge on any atom is 1.00 e. The minimum Gasteiger partial charge on any atom is -0.550 e. The van der Waals surface area contributed by atoms with Gasteiger partial charge in [0.15, 0.2) is 0 Å². The molecule has 0 fully saturated rings. The average Bonchev–Trinajstić information content (AvgIpc) is 2.13. The summed E-state index contributed by atoms with van der Waals surface area (Å²) < 4.78 is 0. The molecule has 10 nitrogen and oxygen atoms in total. The van der Waals surface area contributed by atoms with E-state index in [1.165, 1.54) is 0 Å². The maximum absolute atomic E-state index is 10.5. The molecule has 0 amide bonds. The smallest absolute Gasteiger partial charge is 0.550 e. The summed E-state index contributed by atoms with van der Waals surface area (Å²) in [5.74, 6) is -7.01. The largest absolute Gasteiger partial charge is 1.00 e. The molecule has 6 N–H and O–H groups in total. The number of rotatable bonds is 8. The molecule has 2 atom stereocenters. The van der Waals surface area contributed by atoms with E-state index in [0.717, 1.165) is 0 Å². The molecule has 104 valence electrons. The zero-order valence-electron chi connectivity index (χ0n) is 11.4. The van der Waals surface area contributed by atoms with Crippen molar-refractivity contribution >= 4 is 23.9 Å². The van der Waals surface area contributed by atoms with E-state index in [0.29, 0.717) is 0 Å². The van der Waals surface area contributed by atoms with Crippen molar-refractivity contribution in [1.82, 2.24) is 11.5 Å². The van der Waals surface area contributed by atoms with Gasteiger partial charge in [-0.1, -0.05) is 0 Å². The zero-order chi connectivity index (χ0) is 13.6. The Balaban J connectivity index is -0.000000427. The molecule has 0 aromatic rings. The van der Waals surface area contributed by atoms with E-state index in [1.54, 1.807) is 5.32 Å². The Bertz CT molecular complexity index is 319. The van der Waals surface area contributed by atoms with Gasteiger partial charge in [0.2, 0.25) is 0 Å². The number of hydrogen-bond acceptors (Lipinski definition) is 8. The standard InChI is InChI=1S/C8H11NO8.2K.H3N/c10-5(11)1-3(7(14)15)9-4(8(16)17)2-6(12)13;;;/h3-4,9H,1-2H2,(H,10,11)(H,12,13)(H,14,15)(H,16,17);;;1H3/q;2*+1;/p-2. The summed E-state index contributed by atoms with van der Waals surface area (Å²) >= 11 is 0. The molecule has 0 spiro atoms. The van der Waals surface area contributed by atoms with E-state index in [4.69, 9.17) is 5.11 Å². The van der Waals surface area contributed by atoms with Gasteiger partial charge in [0.05, 0.1) is 30.4 Å². The van der Waals surface area contributed by atoms with Crippen LogP contribution in [-0.4, -0.2) is 41.1 Å². The van der Waals surface area contributed by atoms with Crippen molar-refractivity contribution in [3.05, 3.63) is 0 Å². The summed E-state index contributed by atoms with van der Waals surface area (Å²) in [6.07, 6.45) is -2.01. The quantitative estimate of drug-likeness (QED) is 0.357. The molecule has 0 aliphatic heterocycles. The second-order valence-corrected chi connectivity index (χ2v) is 3.08. The molecule has 2 unspecified atom stereocenters. The minimum atomic E-state index is -1.88. The van der Waals surface area contributed by atoms with E-state index in [1.807, 2.05) is 0 Å². The molecule has 0 aliphatic rings. The van der Waals surface area contributed by atoms with Crippen LogP contribution in [0.1, 0.15) is 12.8 Å². The Morgan fingerprint density at radius 1 is 0.900 bits per heavy atom. The molecule has 12 heteroatoms. The van der Waals surface area contributed by atoms with Crippen LogP contribution in [0.2, 0.25) is 0 Å². The molecule has 0 heterocycles.